The van der Waals surface area contributed by atoms with E-state index in [1.54, 1.807) is 0 Å². The molecule has 4 N–H and O–H groups in total. The van der Waals surface area contributed by atoms with Gasteiger partial charge in [0, 0.05) is 6.54 Å². The van der Waals surface area contributed by atoms with Crippen molar-refractivity contribution in [2.24, 2.45) is 23.5 Å². The zero-order valence-electron chi connectivity index (χ0n) is 12.4. The van der Waals surface area contributed by atoms with Crippen LogP contribution in [0.2, 0.25) is 0 Å². The standard InChI is InChI=1S/C15H32N2O/c1-4-13-5-7-15(18,8-6-13)11-17-10-14(9-16)12(2)3/h12-14,17-18H,4-11,16H2,1-3H3. The lowest BCUT2D eigenvalue weighted by Crippen LogP contribution is -2.45. The second-order valence-electron chi connectivity index (χ2n) is 6.45. The molecule has 18 heavy (non-hydrogen) atoms. The molecule has 0 spiro atoms. The fourth-order valence-electron chi connectivity index (χ4n) is 2.88. The lowest BCUT2D eigenvalue weighted by atomic mass is 9.78. The van der Waals surface area contributed by atoms with Crippen molar-refractivity contribution in [2.45, 2.75) is 58.5 Å². The summed E-state index contributed by atoms with van der Waals surface area (Å²) in [7, 11) is 0. The first kappa shape index (κ1) is 15.9. The van der Waals surface area contributed by atoms with Crippen LogP contribution >= 0.6 is 0 Å². The van der Waals surface area contributed by atoms with Gasteiger partial charge in [0.15, 0.2) is 0 Å². The second kappa shape index (κ2) is 7.46. The molecule has 1 saturated carbocycles. The van der Waals surface area contributed by atoms with Crippen LogP contribution in [0, 0.1) is 17.8 Å². The summed E-state index contributed by atoms with van der Waals surface area (Å²) >= 11 is 0. The molecular weight excluding hydrogens is 224 g/mol. The van der Waals surface area contributed by atoms with E-state index >= 15 is 0 Å². The summed E-state index contributed by atoms with van der Waals surface area (Å²) in [6, 6.07) is 0. The molecule has 1 rings (SSSR count). The molecule has 3 heteroatoms. The first-order valence-corrected chi connectivity index (χ1v) is 7.64. The van der Waals surface area contributed by atoms with Gasteiger partial charge in [-0.1, -0.05) is 27.2 Å². The highest BCUT2D eigenvalue weighted by atomic mass is 16.3. The molecule has 3 nitrogen and oxygen atoms in total. The highest BCUT2D eigenvalue weighted by Gasteiger charge is 2.32. The average molecular weight is 256 g/mol. The fourth-order valence-corrected chi connectivity index (χ4v) is 2.88. The summed E-state index contributed by atoms with van der Waals surface area (Å²) in [5.41, 5.74) is 5.29. The van der Waals surface area contributed by atoms with Crippen LogP contribution in [0.1, 0.15) is 52.9 Å². The van der Waals surface area contributed by atoms with Gasteiger partial charge < -0.3 is 16.2 Å². The molecule has 0 aliphatic heterocycles. The van der Waals surface area contributed by atoms with Gasteiger partial charge in [-0.25, -0.2) is 0 Å². The van der Waals surface area contributed by atoms with Crippen LogP contribution in [0.15, 0.2) is 0 Å². The highest BCUT2D eigenvalue weighted by molar-refractivity contribution is 4.87. The van der Waals surface area contributed by atoms with Crippen molar-refractivity contribution in [3.63, 3.8) is 0 Å². The molecule has 0 saturated heterocycles. The monoisotopic (exact) mass is 256 g/mol. The summed E-state index contributed by atoms with van der Waals surface area (Å²) in [5.74, 6) is 1.95. The van der Waals surface area contributed by atoms with Gasteiger partial charge in [0.2, 0.25) is 0 Å². The average Bonchev–Trinajstić information content (AvgIpc) is 2.35. The smallest absolute Gasteiger partial charge is 0.0771 e. The molecule has 1 aliphatic carbocycles. The van der Waals surface area contributed by atoms with Crippen LogP contribution in [0.25, 0.3) is 0 Å². The molecule has 0 aromatic heterocycles. The molecule has 1 unspecified atom stereocenters. The third-order valence-electron chi connectivity index (χ3n) is 4.72. The van der Waals surface area contributed by atoms with Gasteiger partial charge in [0.25, 0.3) is 0 Å². The minimum Gasteiger partial charge on any atom is -0.389 e. The largest absolute Gasteiger partial charge is 0.389 e. The Labute approximate surface area is 113 Å². The van der Waals surface area contributed by atoms with E-state index in [9.17, 15) is 5.11 Å². The van der Waals surface area contributed by atoms with E-state index in [2.05, 4.69) is 26.1 Å². The van der Waals surface area contributed by atoms with Crippen LogP contribution in [0.3, 0.4) is 0 Å². The summed E-state index contributed by atoms with van der Waals surface area (Å²) in [6.45, 7) is 9.05. The van der Waals surface area contributed by atoms with E-state index < -0.39 is 5.60 Å². The van der Waals surface area contributed by atoms with E-state index in [1.807, 2.05) is 0 Å². The molecule has 1 aliphatic rings. The first-order chi connectivity index (χ1) is 8.50. The Hall–Kier alpha value is -0.120. The van der Waals surface area contributed by atoms with Gasteiger partial charge >= 0.3 is 0 Å². The Morgan fingerprint density at radius 1 is 1.33 bits per heavy atom. The Morgan fingerprint density at radius 3 is 2.39 bits per heavy atom. The third-order valence-corrected chi connectivity index (χ3v) is 4.72. The maximum atomic E-state index is 10.5. The maximum absolute atomic E-state index is 10.5. The number of hydrogen-bond donors (Lipinski definition) is 3. The molecule has 0 amide bonds. The van der Waals surface area contributed by atoms with Gasteiger partial charge in [0.1, 0.15) is 0 Å². The van der Waals surface area contributed by atoms with E-state index in [1.165, 1.54) is 19.3 Å². The topological polar surface area (TPSA) is 58.3 Å². The Balaban J connectivity index is 2.26. The first-order valence-electron chi connectivity index (χ1n) is 7.64. The van der Waals surface area contributed by atoms with Crippen molar-refractivity contribution in [3.05, 3.63) is 0 Å². The molecule has 0 aromatic carbocycles. The maximum Gasteiger partial charge on any atom is 0.0771 e. The molecule has 0 bridgehead atoms. The number of nitrogens with two attached hydrogens (primary N) is 1. The molecule has 0 radical (unpaired) electrons. The van der Waals surface area contributed by atoms with Crippen molar-refractivity contribution in [2.75, 3.05) is 19.6 Å². The quantitative estimate of drug-likeness (QED) is 0.654. The second-order valence-corrected chi connectivity index (χ2v) is 6.45. The zero-order chi connectivity index (χ0) is 13.6. The number of hydrogen-bond acceptors (Lipinski definition) is 3. The molecule has 1 fully saturated rings. The molecular formula is C15H32N2O. The van der Waals surface area contributed by atoms with Crippen molar-refractivity contribution >= 4 is 0 Å². The zero-order valence-corrected chi connectivity index (χ0v) is 12.4. The molecule has 0 heterocycles. The van der Waals surface area contributed by atoms with Crippen LogP contribution in [-0.4, -0.2) is 30.3 Å². The van der Waals surface area contributed by atoms with E-state index in [4.69, 9.17) is 5.73 Å². The third kappa shape index (κ3) is 4.87. The van der Waals surface area contributed by atoms with Crippen molar-refractivity contribution in [3.8, 4) is 0 Å². The SMILES string of the molecule is CCC1CCC(O)(CNCC(CN)C(C)C)CC1. The van der Waals surface area contributed by atoms with E-state index in [-0.39, 0.29) is 0 Å². The van der Waals surface area contributed by atoms with Crippen LogP contribution in [0.5, 0.6) is 0 Å². The van der Waals surface area contributed by atoms with Crippen molar-refractivity contribution in [1.29, 1.82) is 0 Å². The Morgan fingerprint density at radius 2 is 1.94 bits per heavy atom. The van der Waals surface area contributed by atoms with Crippen LogP contribution in [-0.2, 0) is 0 Å². The van der Waals surface area contributed by atoms with Gasteiger partial charge in [0.05, 0.1) is 5.60 Å². The van der Waals surface area contributed by atoms with Crippen molar-refractivity contribution < 1.29 is 5.11 Å². The Bertz CT molecular complexity index is 223. The number of aliphatic hydroxyl groups is 1. The van der Waals surface area contributed by atoms with E-state index in [0.29, 0.717) is 11.8 Å². The van der Waals surface area contributed by atoms with Gasteiger partial charge in [-0.2, -0.15) is 0 Å². The number of nitrogens with one attached hydrogen (secondary N) is 1. The van der Waals surface area contributed by atoms with E-state index in [0.717, 1.165) is 38.4 Å². The Kier molecular flexibility index (Phi) is 6.61. The lowest BCUT2D eigenvalue weighted by Gasteiger charge is -2.36. The highest BCUT2D eigenvalue weighted by Crippen LogP contribution is 2.33. The summed E-state index contributed by atoms with van der Waals surface area (Å²) < 4.78 is 0. The van der Waals surface area contributed by atoms with Crippen LogP contribution in [0.4, 0.5) is 0 Å². The molecule has 108 valence electrons. The van der Waals surface area contributed by atoms with Gasteiger partial charge in [-0.15, -0.1) is 0 Å². The summed E-state index contributed by atoms with van der Waals surface area (Å²) in [5, 5.41) is 13.9. The minimum absolute atomic E-state index is 0.470. The predicted octanol–water partition coefficient (Wildman–Crippen LogP) is 2.14. The molecule has 0 aromatic rings. The van der Waals surface area contributed by atoms with Crippen LogP contribution < -0.4 is 11.1 Å². The fraction of sp³-hybridized carbons (Fsp3) is 1.00. The lowest BCUT2D eigenvalue weighted by molar-refractivity contribution is -0.00935. The summed E-state index contributed by atoms with van der Waals surface area (Å²) in [4.78, 5) is 0. The van der Waals surface area contributed by atoms with Crippen molar-refractivity contribution in [1.82, 2.24) is 5.32 Å². The minimum atomic E-state index is -0.470. The summed E-state index contributed by atoms with van der Waals surface area (Å²) in [6.07, 6.45) is 5.52. The normalized spacial score (nSPS) is 30.7. The van der Waals surface area contributed by atoms with Gasteiger partial charge in [-0.3, -0.25) is 0 Å². The predicted molar refractivity (Wildman–Crippen MR) is 77.5 cm³/mol. The molecule has 1 atom stereocenters. The van der Waals surface area contributed by atoms with Gasteiger partial charge in [-0.05, 0) is 56.5 Å². The number of rotatable bonds is 7.